The first kappa shape index (κ1) is 20.9. The van der Waals surface area contributed by atoms with Crippen LogP contribution in [0.5, 0.6) is 0 Å². The van der Waals surface area contributed by atoms with Gasteiger partial charge < -0.3 is 0 Å². The number of thiophene rings is 3. The Bertz CT molecular complexity index is 1690. The highest BCUT2D eigenvalue weighted by molar-refractivity contribution is 7.26. The number of allylic oxidation sites excluding steroid dienone is 2. The van der Waals surface area contributed by atoms with Gasteiger partial charge in [0, 0.05) is 45.8 Å². The Kier molecular flexibility index (Phi) is 5.61. The van der Waals surface area contributed by atoms with Gasteiger partial charge in [-0.15, -0.1) is 34.0 Å². The lowest BCUT2D eigenvalue weighted by molar-refractivity contribution is 1.47. The van der Waals surface area contributed by atoms with Crippen LogP contribution in [-0.2, 0) is 0 Å². The van der Waals surface area contributed by atoms with Gasteiger partial charge in [-0.3, -0.25) is 0 Å². The van der Waals surface area contributed by atoms with E-state index >= 15 is 0 Å². The molecule has 3 heterocycles. The maximum atomic E-state index is 8.98. The molecular formula is C27H13N3S3. The average molecular weight is 476 g/mol. The second-order valence-corrected chi connectivity index (χ2v) is 10.5. The third-order valence-electron chi connectivity index (χ3n) is 5.15. The van der Waals surface area contributed by atoms with Crippen LogP contribution < -0.4 is 0 Å². The molecule has 0 saturated heterocycles. The van der Waals surface area contributed by atoms with Gasteiger partial charge >= 0.3 is 0 Å². The molecule has 6 heteroatoms. The maximum absolute atomic E-state index is 8.98. The SMILES string of the molecule is N#CC=Cc1ccc(-c2ccc3c(c2)sc2cc(-c4ccc(C=C(C#N)C#N)s4)ccc23)s1. The number of fused-ring (bicyclic) bond motifs is 3. The summed E-state index contributed by atoms with van der Waals surface area (Å²) in [6.07, 6.45) is 4.96. The minimum atomic E-state index is 0.109. The Morgan fingerprint density at radius 1 is 0.667 bits per heavy atom. The Morgan fingerprint density at radius 2 is 1.24 bits per heavy atom. The molecule has 154 valence electrons. The summed E-state index contributed by atoms with van der Waals surface area (Å²) in [6, 6.07) is 27.1. The second-order valence-electron chi connectivity index (χ2n) is 7.17. The van der Waals surface area contributed by atoms with Gasteiger partial charge in [-0.25, -0.2) is 0 Å². The Balaban J connectivity index is 1.51. The first-order valence-electron chi connectivity index (χ1n) is 9.93. The lowest BCUT2D eigenvalue weighted by Gasteiger charge is -1.99. The minimum Gasteiger partial charge on any atom is -0.193 e. The predicted octanol–water partition coefficient (Wildman–Crippen LogP) is 8.48. The number of rotatable bonds is 4. The molecule has 0 saturated carbocycles. The van der Waals surface area contributed by atoms with Crippen molar-refractivity contribution in [1.29, 1.82) is 15.8 Å². The van der Waals surface area contributed by atoms with Crippen molar-refractivity contribution >= 4 is 66.3 Å². The highest BCUT2D eigenvalue weighted by atomic mass is 32.1. The summed E-state index contributed by atoms with van der Waals surface area (Å²) in [5, 5.41) is 29.2. The van der Waals surface area contributed by atoms with Crippen molar-refractivity contribution in [3.8, 4) is 39.1 Å². The summed E-state index contributed by atoms with van der Waals surface area (Å²) in [4.78, 5) is 4.24. The van der Waals surface area contributed by atoms with Gasteiger partial charge in [0.15, 0.2) is 0 Å². The number of nitrogens with zero attached hydrogens (tertiary/aromatic N) is 3. The van der Waals surface area contributed by atoms with Crippen LogP contribution in [0.3, 0.4) is 0 Å². The molecule has 3 aromatic heterocycles. The van der Waals surface area contributed by atoms with E-state index in [-0.39, 0.29) is 5.57 Å². The molecule has 0 atom stereocenters. The predicted molar refractivity (Wildman–Crippen MR) is 140 cm³/mol. The smallest absolute Gasteiger partial charge is 0.131 e. The molecule has 0 amide bonds. The monoisotopic (exact) mass is 475 g/mol. The van der Waals surface area contributed by atoms with Gasteiger partial charge in [0.2, 0.25) is 0 Å². The standard InChI is InChI=1S/C27H13N3S3/c28-11-1-2-20-5-9-24(31-20)18-3-7-22-23-8-4-19(14-27(23)33-26(22)13-18)25-10-6-21(32-25)12-17(15-29)16-30/h1-10,12-14H. The maximum Gasteiger partial charge on any atom is 0.131 e. The lowest BCUT2D eigenvalue weighted by atomic mass is 10.1. The summed E-state index contributed by atoms with van der Waals surface area (Å²) in [5.74, 6) is 0. The van der Waals surface area contributed by atoms with Crippen molar-refractivity contribution in [2.24, 2.45) is 0 Å². The molecule has 0 N–H and O–H groups in total. The first-order valence-corrected chi connectivity index (χ1v) is 12.4. The van der Waals surface area contributed by atoms with Crippen molar-refractivity contribution < 1.29 is 0 Å². The largest absolute Gasteiger partial charge is 0.193 e. The fraction of sp³-hybridized carbons (Fsp3) is 0. The zero-order valence-corrected chi connectivity index (χ0v) is 19.5. The Morgan fingerprint density at radius 3 is 1.82 bits per heavy atom. The lowest BCUT2D eigenvalue weighted by Crippen LogP contribution is -1.73. The van der Waals surface area contributed by atoms with Crippen molar-refractivity contribution in [2.75, 3.05) is 0 Å². The number of nitriles is 3. The molecule has 2 aromatic carbocycles. The van der Waals surface area contributed by atoms with E-state index in [2.05, 4.69) is 42.5 Å². The van der Waals surface area contributed by atoms with E-state index in [4.69, 9.17) is 15.8 Å². The van der Waals surface area contributed by atoms with E-state index in [0.717, 1.165) is 20.2 Å². The van der Waals surface area contributed by atoms with E-state index in [9.17, 15) is 0 Å². The number of benzene rings is 2. The van der Waals surface area contributed by atoms with Crippen LogP contribution in [0.4, 0.5) is 0 Å². The molecule has 33 heavy (non-hydrogen) atoms. The second kappa shape index (κ2) is 8.87. The van der Waals surface area contributed by atoms with Gasteiger partial charge in [-0.2, -0.15) is 15.8 Å². The van der Waals surface area contributed by atoms with Gasteiger partial charge in [0.1, 0.15) is 17.7 Å². The van der Waals surface area contributed by atoms with E-state index in [1.807, 2.05) is 42.5 Å². The summed E-state index contributed by atoms with van der Waals surface area (Å²) in [6.45, 7) is 0. The van der Waals surface area contributed by atoms with E-state index < -0.39 is 0 Å². The molecule has 3 nitrogen and oxygen atoms in total. The molecule has 0 unspecified atom stereocenters. The molecule has 0 spiro atoms. The van der Waals surface area contributed by atoms with Gasteiger partial charge in [0.25, 0.3) is 0 Å². The minimum absolute atomic E-state index is 0.109. The molecular weight excluding hydrogens is 463 g/mol. The van der Waals surface area contributed by atoms with Crippen LogP contribution in [0.15, 0.2) is 72.3 Å². The van der Waals surface area contributed by atoms with Gasteiger partial charge in [-0.1, -0.05) is 24.3 Å². The summed E-state index contributed by atoms with van der Waals surface area (Å²) in [5.41, 5.74) is 2.41. The molecule has 0 aliphatic rings. The van der Waals surface area contributed by atoms with Crippen LogP contribution in [-0.4, -0.2) is 0 Å². The van der Waals surface area contributed by atoms with Crippen molar-refractivity contribution in [2.45, 2.75) is 0 Å². The van der Waals surface area contributed by atoms with Crippen molar-refractivity contribution in [3.05, 3.63) is 82.1 Å². The van der Waals surface area contributed by atoms with E-state index in [1.165, 1.54) is 36.7 Å². The highest BCUT2D eigenvalue weighted by Crippen LogP contribution is 2.40. The number of hydrogen-bond donors (Lipinski definition) is 0. The number of hydrogen-bond acceptors (Lipinski definition) is 6. The van der Waals surface area contributed by atoms with Crippen LogP contribution in [0.25, 0.3) is 53.2 Å². The Labute approximate surface area is 202 Å². The quantitative estimate of drug-likeness (QED) is 0.245. The average Bonchev–Trinajstić information content (AvgIpc) is 3.58. The van der Waals surface area contributed by atoms with Crippen LogP contribution in [0.2, 0.25) is 0 Å². The molecule has 0 aliphatic heterocycles. The fourth-order valence-corrected chi connectivity index (χ4v) is 6.66. The molecule has 0 fully saturated rings. The molecule has 5 aromatic rings. The van der Waals surface area contributed by atoms with Crippen LogP contribution in [0, 0.1) is 34.0 Å². The van der Waals surface area contributed by atoms with E-state index in [1.54, 1.807) is 40.1 Å². The molecule has 0 radical (unpaired) electrons. The van der Waals surface area contributed by atoms with Crippen molar-refractivity contribution in [1.82, 2.24) is 0 Å². The van der Waals surface area contributed by atoms with E-state index in [0.29, 0.717) is 0 Å². The highest BCUT2D eigenvalue weighted by Gasteiger charge is 2.10. The van der Waals surface area contributed by atoms with Gasteiger partial charge in [-0.05, 0) is 59.7 Å². The molecule has 0 aliphatic carbocycles. The normalized spacial score (nSPS) is 10.8. The third kappa shape index (κ3) is 4.10. The fourth-order valence-electron chi connectivity index (χ4n) is 3.62. The zero-order chi connectivity index (χ0) is 22.8. The first-order chi connectivity index (χ1) is 16.2. The van der Waals surface area contributed by atoms with Crippen molar-refractivity contribution in [3.63, 3.8) is 0 Å². The van der Waals surface area contributed by atoms with Crippen LogP contribution >= 0.6 is 34.0 Å². The topological polar surface area (TPSA) is 71.4 Å². The van der Waals surface area contributed by atoms with Gasteiger partial charge in [0.05, 0.1) is 6.07 Å². The summed E-state index contributed by atoms with van der Waals surface area (Å²) < 4.78 is 2.47. The summed E-state index contributed by atoms with van der Waals surface area (Å²) >= 11 is 5.02. The zero-order valence-electron chi connectivity index (χ0n) is 17.1. The molecule has 0 bridgehead atoms. The third-order valence-corrected chi connectivity index (χ3v) is 8.44. The van der Waals surface area contributed by atoms with Crippen LogP contribution in [0.1, 0.15) is 9.75 Å². The molecule has 5 rings (SSSR count). The Hall–Kier alpha value is -3.99. The summed E-state index contributed by atoms with van der Waals surface area (Å²) in [7, 11) is 0.